The van der Waals surface area contributed by atoms with Crippen LogP contribution in [0.2, 0.25) is 0 Å². The van der Waals surface area contributed by atoms with Crippen molar-refractivity contribution in [2.45, 2.75) is 0 Å². The van der Waals surface area contributed by atoms with Crippen molar-refractivity contribution in [1.29, 1.82) is 0 Å². The Bertz CT molecular complexity index is 517. The van der Waals surface area contributed by atoms with E-state index in [9.17, 15) is 0 Å². The van der Waals surface area contributed by atoms with E-state index in [1.165, 1.54) is 0 Å². The van der Waals surface area contributed by atoms with E-state index in [-0.39, 0.29) is 0 Å². The maximum absolute atomic E-state index is 5.69. The minimum absolute atomic E-state index is 0.373. The van der Waals surface area contributed by atoms with E-state index in [2.05, 4.69) is 36.8 Å². The molecule has 0 saturated heterocycles. The van der Waals surface area contributed by atoms with Crippen molar-refractivity contribution in [3.8, 4) is 11.5 Å². The van der Waals surface area contributed by atoms with Crippen LogP contribution in [-0.2, 0) is 0 Å². The lowest BCUT2D eigenvalue weighted by Gasteiger charge is -2.09. The number of halogens is 2. The molecule has 0 unspecified atom stereocenters. The normalized spacial score (nSPS) is 10.1. The number of hydrogen-bond donors (Lipinski definition) is 1. The van der Waals surface area contributed by atoms with E-state index < -0.39 is 0 Å². The number of pyridine rings is 1. The molecular weight excluding hydrogens is 336 g/mol. The molecule has 0 aliphatic carbocycles. The van der Waals surface area contributed by atoms with Crippen LogP contribution >= 0.6 is 31.9 Å². The fourth-order valence-electron chi connectivity index (χ4n) is 1.17. The van der Waals surface area contributed by atoms with E-state index >= 15 is 0 Å². The summed E-state index contributed by atoms with van der Waals surface area (Å²) in [5.74, 6) is 1.62. The number of hydrogen-bond acceptors (Lipinski definition) is 3. The van der Waals surface area contributed by atoms with Gasteiger partial charge in [0.2, 0.25) is 0 Å². The van der Waals surface area contributed by atoms with Gasteiger partial charge in [0.25, 0.3) is 0 Å². The highest BCUT2D eigenvalue weighted by Crippen LogP contribution is 2.33. The Hall–Kier alpha value is -1.07. The lowest BCUT2D eigenvalue weighted by Crippen LogP contribution is -1.94. The Morgan fingerprint density at radius 3 is 2.62 bits per heavy atom. The van der Waals surface area contributed by atoms with Crippen molar-refractivity contribution in [3.63, 3.8) is 0 Å². The van der Waals surface area contributed by atoms with Crippen LogP contribution < -0.4 is 10.5 Å². The summed E-state index contributed by atoms with van der Waals surface area (Å²) in [5, 5.41) is 0. The summed E-state index contributed by atoms with van der Waals surface area (Å²) in [5.41, 5.74) is 5.69. The van der Waals surface area contributed by atoms with Crippen LogP contribution in [0.5, 0.6) is 11.5 Å². The van der Waals surface area contributed by atoms with Gasteiger partial charge in [0.05, 0.1) is 4.47 Å². The van der Waals surface area contributed by atoms with Crippen LogP contribution in [0.15, 0.2) is 45.5 Å². The molecule has 2 N–H and O–H groups in total. The minimum Gasteiger partial charge on any atom is -0.452 e. The quantitative estimate of drug-likeness (QED) is 0.897. The topological polar surface area (TPSA) is 48.1 Å². The first kappa shape index (κ1) is 11.4. The molecule has 1 aromatic heterocycles. The number of anilines is 1. The van der Waals surface area contributed by atoms with Crippen LogP contribution in [0.3, 0.4) is 0 Å². The number of ether oxygens (including phenoxy) is 1. The summed E-state index contributed by atoms with van der Waals surface area (Å²) in [6.07, 6.45) is 1.62. The molecule has 2 aromatic rings. The van der Waals surface area contributed by atoms with Crippen molar-refractivity contribution in [1.82, 2.24) is 4.98 Å². The molecule has 0 atom stereocenters. The standard InChI is InChI=1S/C11H8Br2N2O/c12-7-3-4-9(8(13)6-7)16-10-2-1-5-15-11(10)14/h1-6H,(H2,14,15). The largest absolute Gasteiger partial charge is 0.452 e. The summed E-state index contributed by atoms with van der Waals surface area (Å²) in [6.45, 7) is 0. The molecule has 16 heavy (non-hydrogen) atoms. The highest BCUT2D eigenvalue weighted by molar-refractivity contribution is 9.11. The predicted octanol–water partition coefficient (Wildman–Crippen LogP) is 3.98. The third-order valence-electron chi connectivity index (χ3n) is 1.91. The second kappa shape index (κ2) is 4.84. The maximum Gasteiger partial charge on any atom is 0.169 e. The molecule has 0 saturated carbocycles. The Labute approximate surface area is 110 Å². The summed E-state index contributed by atoms with van der Waals surface area (Å²) >= 11 is 6.79. The Balaban J connectivity index is 2.31. The minimum atomic E-state index is 0.373. The molecule has 5 heteroatoms. The Morgan fingerprint density at radius 2 is 1.94 bits per heavy atom. The van der Waals surface area contributed by atoms with Crippen molar-refractivity contribution in [3.05, 3.63) is 45.5 Å². The van der Waals surface area contributed by atoms with Gasteiger partial charge in [0.1, 0.15) is 5.75 Å². The second-order valence-electron chi connectivity index (χ2n) is 3.06. The molecule has 1 heterocycles. The van der Waals surface area contributed by atoms with Gasteiger partial charge in [-0.3, -0.25) is 0 Å². The van der Waals surface area contributed by atoms with Crippen LogP contribution in [0, 0.1) is 0 Å². The summed E-state index contributed by atoms with van der Waals surface area (Å²) in [6, 6.07) is 9.20. The summed E-state index contributed by atoms with van der Waals surface area (Å²) < 4.78 is 7.47. The zero-order valence-electron chi connectivity index (χ0n) is 8.15. The summed E-state index contributed by atoms with van der Waals surface area (Å²) in [4.78, 5) is 3.95. The van der Waals surface area contributed by atoms with E-state index in [0.717, 1.165) is 8.95 Å². The van der Waals surface area contributed by atoms with Gasteiger partial charge in [-0.1, -0.05) is 15.9 Å². The number of rotatable bonds is 2. The number of nitrogens with two attached hydrogens (primary N) is 1. The molecule has 0 amide bonds. The van der Waals surface area contributed by atoms with Gasteiger partial charge >= 0.3 is 0 Å². The smallest absolute Gasteiger partial charge is 0.169 e. The molecule has 3 nitrogen and oxygen atoms in total. The lowest BCUT2D eigenvalue weighted by atomic mass is 10.3. The Kier molecular flexibility index (Phi) is 3.46. The van der Waals surface area contributed by atoms with Gasteiger partial charge in [-0.2, -0.15) is 0 Å². The zero-order valence-corrected chi connectivity index (χ0v) is 11.3. The van der Waals surface area contributed by atoms with Crippen LogP contribution in [0.4, 0.5) is 5.82 Å². The SMILES string of the molecule is Nc1ncccc1Oc1ccc(Br)cc1Br. The van der Waals surface area contributed by atoms with E-state index in [4.69, 9.17) is 10.5 Å². The molecule has 0 aliphatic rings. The monoisotopic (exact) mass is 342 g/mol. The number of benzene rings is 1. The number of nitrogens with zero attached hydrogens (tertiary/aromatic N) is 1. The zero-order chi connectivity index (χ0) is 11.5. The van der Waals surface area contributed by atoms with Gasteiger partial charge in [-0.05, 0) is 46.3 Å². The van der Waals surface area contributed by atoms with Crippen LogP contribution in [0.25, 0.3) is 0 Å². The molecular formula is C11H8Br2N2O. The van der Waals surface area contributed by atoms with Crippen LogP contribution in [-0.4, -0.2) is 4.98 Å². The number of nitrogen functional groups attached to an aromatic ring is 1. The number of aromatic nitrogens is 1. The lowest BCUT2D eigenvalue weighted by molar-refractivity contribution is 0.480. The molecule has 0 bridgehead atoms. The fourth-order valence-corrected chi connectivity index (χ4v) is 2.29. The average molecular weight is 344 g/mol. The van der Waals surface area contributed by atoms with Gasteiger partial charge in [0.15, 0.2) is 11.6 Å². The predicted molar refractivity (Wildman–Crippen MR) is 70.6 cm³/mol. The molecule has 2 rings (SSSR count). The van der Waals surface area contributed by atoms with Crippen molar-refractivity contribution >= 4 is 37.7 Å². The van der Waals surface area contributed by atoms with Gasteiger partial charge < -0.3 is 10.5 Å². The van der Waals surface area contributed by atoms with E-state index in [1.807, 2.05) is 18.2 Å². The van der Waals surface area contributed by atoms with E-state index in [0.29, 0.717) is 17.3 Å². The highest BCUT2D eigenvalue weighted by atomic mass is 79.9. The molecule has 1 aromatic carbocycles. The second-order valence-corrected chi connectivity index (χ2v) is 4.83. The Morgan fingerprint density at radius 1 is 1.12 bits per heavy atom. The first-order chi connectivity index (χ1) is 7.66. The molecule has 0 radical (unpaired) electrons. The fraction of sp³-hybridized carbons (Fsp3) is 0. The first-order valence-electron chi connectivity index (χ1n) is 4.50. The van der Waals surface area contributed by atoms with Crippen LogP contribution in [0.1, 0.15) is 0 Å². The molecule has 0 fully saturated rings. The molecule has 82 valence electrons. The average Bonchev–Trinajstić information content (AvgIpc) is 2.25. The highest BCUT2D eigenvalue weighted by Gasteiger charge is 2.05. The van der Waals surface area contributed by atoms with Crippen molar-refractivity contribution in [2.75, 3.05) is 5.73 Å². The van der Waals surface area contributed by atoms with Crippen molar-refractivity contribution < 1.29 is 4.74 Å². The first-order valence-corrected chi connectivity index (χ1v) is 6.09. The third kappa shape index (κ3) is 2.54. The van der Waals surface area contributed by atoms with Gasteiger partial charge in [0, 0.05) is 10.7 Å². The maximum atomic E-state index is 5.69. The molecule has 0 aliphatic heterocycles. The van der Waals surface area contributed by atoms with Gasteiger partial charge in [-0.25, -0.2) is 4.98 Å². The van der Waals surface area contributed by atoms with Gasteiger partial charge in [-0.15, -0.1) is 0 Å². The summed E-state index contributed by atoms with van der Waals surface area (Å²) in [7, 11) is 0. The van der Waals surface area contributed by atoms with E-state index in [1.54, 1.807) is 18.3 Å². The third-order valence-corrected chi connectivity index (χ3v) is 3.03. The van der Waals surface area contributed by atoms with Crippen molar-refractivity contribution in [2.24, 2.45) is 0 Å². The molecule has 0 spiro atoms.